The van der Waals surface area contributed by atoms with Gasteiger partial charge in [0.25, 0.3) is 0 Å². The lowest BCUT2D eigenvalue weighted by molar-refractivity contribution is 0.0590. The van der Waals surface area contributed by atoms with E-state index in [9.17, 15) is 9.90 Å². The summed E-state index contributed by atoms with van der Waals surface area (Å²) in [4.78, 5) is 18.3. The molecule has 6 heteroatoms. The molecule has 3 rings (SSSR count). The smallest absolute Gasteiger partial charge is 0.360 e. The molecule has 6 nitrogen and oxygen atoms in total. The summed E-state index contributed by atoms with van der Waals surface area (Å²) in [6, 6.07) is 13.0. The number of hydrogen-bond acceptors (Lipinski definition) is 6. The van der Waals surface area contributed by atoms with Gasteiger partial charge in [-0.2, -0.15) is 0 Å². The molecule has 0 aliphatic carbocycles. The number of fused-ring (bicyclic) bond motifs is 1. The monoisotopic (exact) mass is 366 g/mol. The van der Waals surface area contributed by atoms with E-state index < -0.39 is 5.97 Å². The average molecular weight is 366 g/mol. The van der Waals surface area contributed by atoms with Crippen LogP contribution in [0.4, 0.5) is 0 Å². The van der Waals surface area contributed by atoms with E-state index in [2.05, 4.69) is 4.98 Å². The largest absolute Gasteiger partial charge is 0.505 e. The van der Waals surface area contributed by atoms with Gasteiger partial charge >= 0.3 is 5.97 Å². The van der Waals surface area contributed by atoms with E-state index >= 15 is 0 Å². The van der Waals surface area contributed by atoms with Gasteiger partial charge in [-0.05, 0) is 51.4 Å². The van der Waals surface area contributed by atoms with Gasteiger partial charge in [-0.1, -0.05) is 17.7 Å². The molecule has 140 valence electrons. The Morgan fingerprint density at radius 2 is 1.74 bits per heavy atom. The molecule has 0 fully saturated rings. The normalized spacial score (nSPS) is 11.0. The highest BCUT2D eigenvalue weighted by molar-refractivity contribution is 6.00. The Hall–Kier alpha value is -3.12. The van der Waals surface area contributed by atoms with Crippen LogP contribution in [0, 0.1) is 6.92 Å². The van der Waals surface area contributed by atoms with Crippen molar-refractivity contribution in [3.05, 3.63) is 59.4 Å². The quantitative estimate of drug-likeness (QED) is 0.691. The van der Waals surface area contributed by atoms with Crippen LogP contribution in [0.25, 0.3) is 10.8 Å². The van der Waals surface area contributed by atoms with Crippen molar-refractivity contribution in [2.75, 3.05) is 21.2 Å². The lowest BCUT2D eigenvalue weighted by atomic mass is 10.1. The zero-order chi connectivity index (χ0) is 19.6. The van der Waals surface area contributed by atoms with Crippen molar-refractivity contribution in [1.82, 2.24) is 9.88 Å². The Bertz CT molecular complexity index is 982. The number of hydrogen-bond donors (Lipinski definition) is 1. The van der Waals surface area contributed by atoms with Gasteiger partial charge in [0, 0.05) is 17.3 Å². The maximum absolute atomic E-state index is 12.0. The lowest BCUT2D eigenvalue weighted by Crippen LogP contribution is -2.15. The van der Waals surface area contributed by atoms with Crippen molar-refractivity contribution in [3.8, 4) is 17.2 Å². The van der Waals surface area contributed by atoms with Crippen LogP contribution in [0.1, 0.15) is 21.7 Å². The maximum atomic E-state index is 12.0. The molecule has 0 saturated heterocycles. The molecule has 0 saturated carbocycles. The minimum atomic E-state index is -0.672. The number of pyridine rings is 1. The Labute approximate surface area is 158 Å². The molecule has 1 N–H and O–H groups in total. The first kappa shape index (κ1) is 18.7. The molecule has 0 atom stereocenters. The van der Waals surface area contributed by atoms with Gasteiger partial charge in [0.05, 0.1) is 12.8 Å². The minimum absolute atomic E-state index is 0.0888. The number of esters is 1. The topological polar surface area (TPSA) is 71.9 Å². The summed E-state index contributed by atoms with van der Waals surface area (Å²) in [7, 11) is 5.08. The fourth-order valence-corrected chi connectivity index (χ4v) is 2.81. The summed E-state index contributed by atoms with van der Waals surface area (Å²) in [5.74, 6) is 0.478. The van der Waals surface area contributed by atoms with Crippen LogP contribution in [-0.4, -0.2) is 42.2 Å². The number of benzene rings is 2. The van der Waals surface area contributed by atoms with Crippen molar-refractivity contribution in [1.29, 1.82) is 0 Å². The van der Waals surface area contributed by atoms with Crippen molar-refractivity contribution in [2.24, 2.45) is 0 Å². The number of aromatic hydroxyl groups is 1. The first-order valence-corrected chi connectivity index (χ1v) is 8.52. The molecule has 0 radical (unpaired) electrons. The highest BCUT2D eigenvalue weighted by Crippen LogP contribution is 2.34. The molecule has 2 aromatic carbocycles. The number of ether oxygens (including phenoxy) is 2. The Morgan fingerprint density at radius 3 is 2.37 bits per heavy atom. The van der Waals surface area contributed by atoms with Gasteiger partial charge in [0.2, 0.25) is 0 Å². The van der Waals surface area contributed by atoms with Crippen molar-refractivity contribution in [2.45, 2.75) is 13.5 Å². The lowest BCUT2D eigenvalue weighted by Gasteiger charge is -2.15. The molecule has 0 aliphatic heterocycles. The second-order valence-electron chi connectivity index (χ2n) is 6.61. The van der Waals surface area contributed by atoms with Crippen LogP contribution in [0.5, 0.6) is 17.2 Å². The predicted molar refractivity (Wildman–Crippen MR) is 103 cm³/mol. The second kappa shape index (κ2) is 7.63. The molecular weight excluding hydrogens is 344 g/mol. The molecule has 1 aromatic heterocycles. The Morgan fingerprint density at radius 1 is 1.07 bits per heavy atom. The van der Waals surface area contributed by atoms with E-state index in [1.807, 2.05) is 56.3 Å². The second-order valence-corrected chi connectivity index (χ2v) is 6.61. The van der Waals surface area contributed by atoms with E-state index in [4.69, 9.17) is 9.47 Å². The number of carbonyl (C=O) groups is 1. The van der Waals surface area contributed by atoms with E-state index in [0.717, 1.165) is 16.7 Å². The standard InChI is InChI=1S/C21H22N2O4/c1-13-5-7-14(8-6-13)27-15-9-10-16-17(11-15)18(12-23(2)3)22-19(20(16)24)21(25)26-4/h5-11,24H,12H2,1-4H3. The summed E-state index contributed by atoms with van der Waals surface area (Å²) in [6.45, 7) is 2.51. The summed E-state index contributed by atoms with van der Waals surface area (Å²) in [6.07, 6.45) is 0. The van der Waals surface area contributed by atoms with E-state index in [-0.39, 0.29) is 11.4 Å². The van der Waals surface area contributed by atoms with Crippen LogP contribution in [0.15, 0.2) is 42.5 Å². The van der Waals surface area contributed by atoms with Crippen LogP contribution >= 0.6 is 0 Å². The SMILES string of the molecule is COC(=O)c1nc(CN(C)C)c2cc(Oc3ccc(C)cc3)ccc2c1O. The third-order valence-electron chi connectivity index (χ3n) is 4.13. The number of carbonyl (C=O) groups excluding carboxylic acids is 1. The molecule has 3 aromatic rings. The van der Waals surface area contributed by atoms with Crippen molar-refractivity contribution in [3.63, 3.8) is 0 Å². The highest BCUT2D eigenvalue weighted by atomic mass is 16.5. The van der Waals surface area contributed by atoms with Gasteiger partial charge < -0.3 is 19.5 Å². The number of nitrogens with zero attached hydrogens (tertiary/aromatic N) is 2. The number of aryl methyl sites for hydroxylation is 1. The number of methoxy groups -OCH3 is 1. The highest BCUT2D eigenvalue weighted by Gasteiger charge is 2.20. The molecular formula is C21H22N2O4. The van der Waals surface area contributed by atoms with Crippen molar-refractivity contribution >= 4 is 16.7 Å². The van der Waals surface area contributed by atoms with E-state index in [0.29, 0.717) is 23.4 Å². The fourth-order valence-electron chi connectivity index (χ4n) is 2.81. The third-order valence-corrected chi connectivity index (χ3v) is 4.13. The predicted octanol–water partition coefficient (Wildman–Crippen LogP) is 3.89. The number of aromatic nitrogens is 1. The van der Waals surface area contributed by atoms with Gasteiger partial charge in [0.1, 0.15) is 11.5 Å². The summed E-state index contributed by atoms with van der Waals surface area (Å²) >= 11 is 0. The van der Waals surface area contributed by atoms with Gasteiger partial charge in [-0.3, -0.25) is 0 Å². The van der Waals surface area contributed by atoms with Gasteiger partial charge in [-0.25, -0.2) is 9.78 Å². The molecule has 0 aliphatic rings. The van der Waals surface area contributed by atoms with Crippen molar-refractivity contribution < 1.29 is 19.4 Å². The van der Waals surface area contributed by atoms with Crippen LogP contribution < -0.4 is 4.74 Å². The first-order chi connectivity index (χ1) is 12.9. The Kier molecular flexibility index (Phi) is 5.28. The molecule has 0 bridgehead atoms. The molecule has 0 spiro atoms. The third kappa shape index (κ3) is 4.01. The molecule has 1 heterocycles. The summed E-state index contributed by atoms with van der Waals surface area (Å²) in [5, 5.41) is 11.8. The fraction of sp³-hybridized carbons (Fsp3) is 0.238. The Balaban J connectivity index is 2.10. The number of rotatable bonds is 5. The average Bonchev–Trinajstić information content (AvgIpc) is 2.65. The summed E-state index contributed by atoms with van der Waals surface area (Å²) < 4.78 is 10.7. The molecule has 0 amide bonds. The van der Waals surface area contributed by atoms with Crippen LogP contribution in [-0.2, 0) is 11.3 Å². The van der Waals surface area contributed by atoms with E-state index in [1.165, 1.54) is 7.11 Å². The van der Waals surface area contributed by atoms with Gasteiger partial charge in [-0.15, -0.1) is 0 Å². The zero-order valence-electron chi connectivity index (χ0n) is 15.8. The first-order valence-electron chi connectivity index (χ1n) is 8.52. The maximum Gasteiger partial charge on any atom is 0.360 e. The molecule has 0 unspecified atom stereocenters. The molecule has 27 heavy (non-hydrogen) atoms. The zero-order valence-corrected chi connectivity index (χ0v) is 15.8. The van der Waals surface area contributed by atoms with E-state index in [1.54, 1.807) is 12.1 Å². The summed E-state index contributed by atoms with van der Waals surface area (Å²) in [5.41, 5.74) is 1.72. The van der Waals surface area contributed by atoms with Crippen LogP contribution in [0.2, 0.25) is 0 Å². The van der Waals surface area contributed by atoms with Gasteiger partial charge in [0.15, 0.2) is 11.4 Å². The minimum Gasteiger partial charge on any atom is -0.505 e. The van der Waals surface area contributed by atoms with Crippen LogP contribution in [0.3, 0.4) is 0 Å².